The van der Waals surface area contributed by atoms with Crippen LogP contribution in [0.1, 0.15) is 52.8 Å². The van der Waals surface area contributed by atoms with E-state index in [1.54, 1.807) is 6.92 Å². The zero-order chi connectivity index (χ0) is 24.6. The summed E-state index contributed by atoms with van der Waals surface area (Å²) in [5.74, 6) is -3.56. The first-order valence-electron chi connectivity index (χ1n) is 10.6. The van der Waals surface area contributed by atoms with Gasteiger partial charge in [0.25, 0.3) is 11.8 Å². The molecule has 2 aromatic rings. The molecular weight excluding hydrogens is 452 g/mol. The molecule has 2 aliphatic rings. The standard InChI is InChI=1S/C22H23F2N5O5/c1-11-5-6-34-27-12(2)26-17-10-28(11)22(33)18-20(31)19(30)15(9-29(17)18)21(32)25-8-13-3-4-14(23)7-16(13)24/h3-4,7,9,11,17,31H,5-6,8,10H2,1-2H3,(H,25,32)(H,26,27)/t11-,17+/m0/s1. The average molecular weight is 475 g/mol. The molecule has 4 rings (SSSR count). The predicted molar refractivity (Wildman–Crippen MR) is 116 cm³/mol. The normalized spacial score (nSPS) is 21.7. The number of amides is 2. The molecule has 1 aromatic heterocycles. The molecule has 180 valence electrons. The Balaban J connectivity index is 1.72. The topological polar surface area (TPSA) is 125 Å². The Morgan fingerprint density at radius 1 is 1.35 bits per heavy atom. The summed E-state index contributed by atoms with van der Waals surface area (Å²) in [4.78, 5) is 50.0. The summed E-state index contributed by atoms with van der Waals surface area (Å²) in [6.45, 7) is 3.61. The summed E-state index contributed by atoms with van der Waals surface area (Å²) in [5, 5.41) is 13.0. The maximum atomic E-state index is 13.9. The molecule has 1 aromatic carbocycles. The smallest absolute Gasteiger partial charge is 0.274 e. The number of fused-ring (bicyclic) bond motifs is 4. The zero-order valence-corrected chi connectivity index (χ0v) is 18.5. The SMILES string of the molecule is C/C1=N/[C@H]2CN(C(=O)c3c(O)c(=O)c(C(=O)NCc4ccc(F)cc4F)cn32)[C@@H](C)CCON1. The maximum Gasteiger partial charge on any atom is 0.274 e. The second-order valence-corrected chi connectivity index (χ2v) is 8.14. The highest BCUT2D eigenvalue weighted by molar-refractivity contribution is 5.99. The van der Waals surface area contributed by atoms with E-state index in [1.807, 2.05) is 6.92 Å². The number of pyridine rings is 1. The first kappa shape index (κ1) is 23.4. The van der Waals surface area contributed by atoms with Crippen molar-refractivity contribution in [3.8, 4) is 5.75 Å². The molecule has 0 spiro atoms. The van der Waals surface area contributed by atoms with Gasteiger partial charge in [-0.05, 0) is 26.3 Å². The molecule has 2 aliphatic heterocycles. The number of carbonyl (C=O) groups is 2. The summed E-state index contributed by atoms with van der Waals surface area (Å²) in [7, 11) is 0. The third-order valence-corrected chi connectivity index (χ3v) is 5.79. The van der Waals surface area contributed by atoms with E-state index in [4.69, 9.17) is 4.84 Å². The van der Waals surface area contributed by atoms with Gasteiger partial charge in [-0.2, -0.15) is 0 Å². The van der Waals surface area contributed by atoms with Gasteiger partial charge in [-0.1, -0.05) is 6.07 Å². The highest BCUT2D eigenvalue weighted by Crippen LogP contribution is 2.29. The van der Waals surface area contributed by atoms with Gasteiger partial charge in [-0.3, -0.25) is 24.7 Å². The van der Waals surface area contributed by atoms with Crippen molar-refractivity contribution in [1.82, 2.24) is 20.3 Å². The van der Waals surface area contributed by atoms with E-state index >= 15 is 0 Å². The van der Waals surface area contributed by atoms with Crippen LogP contribution in [0.15, 0.2) is 34.2 Å². The van der Waals surface area contributed by atoms with Crippen molar-refractivity contribution >= 4 is 17.6 Å². The summed E-state index contributed by atoms with van der Waals surface area (Å²) in [6, 6.07) is 2.63. The quantitative estimate of drug-likeness (QED) is 0.617. The molecule has 2 amide bonds. The van der Waals surface area contributed by atoms with Crippen LogP contribution in [0.4, 0.5) is 8.78 Å². The molecule has 0 saturated carbocycles. The zero-order valence-electron chi connectivity index (χ0n) is 18.5. The van der Waals surface area contributed by atoms with E-state index < -0.39 is 46.4 Å². The Labute approximate surface area is 192 Å². The lowest BCUT2D eigenvalue weighted by Gasteiger charge is -2.38. The van der Waals surface area contributed by atoms with Crippen LogP contribution in [0.25, 0.3) is 0 Å². The van der Waals surface area contributed by atoms with Gasteiger partial charge in [-0.25, -0.2) is 13.8 Å². The Morgan fingerprint density at radius 3 is 2.85 bits per heavy atom. The lowest BCUT2D eigenvalue weighted by Crippen LogP contribution is -2.49. The highest BCUT2D eigenvalue weighted by Gasteiger charge is 2.37. The first-order chi connectivity index (χ1) is 16.2. The number of aromatic nitrogens is 1. The number of amidine groups is 1. The van der Waals surface area contributed by atoms with Gasteiger partial charge in [0.1, 0.15) is 29.2 Å². The number of hydrogen-bond donors (Lipinski definition) is 3. The minimum atomic E-state index is -1.04. The predicted octanol–water partition coefficient (Wildman–Crippen LogP) is 1.45. The molecule has 12 heteroatoms. The molecule has 2 bridgehead atoms. The number of rotatable bonds is 3. The number of nitrogens with one attached hydrogen (secondary N) is 2. The second kappa shape index (κ2) is 9.21. The van der Waals surface area contributed by atoms with Crippen LogP contribution in [0, 0.1) is 11.6 Å². The Bertz CT molecular complexity index is 1240. The van der Waals surface area contributed by atoms with Crippen LogP contribution in [0.2, 0.25) is 0 Å². The fourth-order valence-electron chi connectivity index (χ4n) is 3.92. The number of aromatic hydroxyl groups is 1. The highest BCUT2D eigenvalue weighted by atomic mass is 19.1. The second-order valence-electron chi connectivity index (χ2n) is 8.14. The number of benzene rings is 1. The van der Waals surface area contributed by atoms with Crippen LogP contribution >= 0.6 is 0 Å². The minimum absolute atomic E-state index is 0.00970. The summed E-state index contributed by atoms with van der Waals surface area (Å²) < 4.78 is 28.3. The van der Waals surface area contributed by atoms with Gasteiger partial charge in [0.2, 0.25) is 5.43 Å². The summed E-state index contributed by atoms with van der Waals surface area (Å²) in [5.41, 5.74) is 0.941. The molecule has 3 N–H and O–H groups in total. The van der Waals surface area contributed by atoms with Crippen molar-refractivity contribution in [2.45, 2.75) is 39.0 Å². The number of hydroxylamine groups is 1. The van der Waals surface area contributed by atoms with Crippen LogP contribution in [-0.4, -0.2) is 51.4 Å². The van der Waals surface area contributed by atoms with Gasteiger partial charge in [0, 0.05) is 30.4 Å². The van der Waals surface area contributed by atoms with E-state index in [0.717, 1.165) is 12.3 Å². The molecular formula is C22H23F2N5O5. The fraction of sp³-hybridized carbons (Fsp3) is 0.364. The van der Waals surface area contributed by atoms with E-state index in [2.05, 4.69) is 15.8 Å². The molecule has 2 atom stereocenters. The number of hydrogen-bond acceptors (Lipinski definition) is 7. The molecule has 10 nitrogen and oxygen atoms in total. The van der Waals surface area contributed by atoms with Crippen molar-refractivity contribution < 1.29 is 28.3 Å². The Morgan fingerprint density at radius 2 is 2.12 bits per heavy atom. The molecule has 0 unspecified atom stereocenters. The number of aliphatic imine (C=N–C) groups is 1. The van der Waals surface area contributed by atoms with Crippen molar-refractivity contribution in [2.75, 3.05) is 13.2 Å². The monoisotopic (exact) mass is 475 g/mol. The molecule has 3 heterocycles. The largest absolute Gasteiger partial charge is 0.503 e. The number of halogens is 2. The molecule has 34 heavy (non-hydrogen) atoms. The van der Waals surface area contributed by atoms with Crippen LogP contribution in [-0.2, 0) is 11.4 Å². The van der Waals surface area contributed by atoms with Gasteiger partial charge in [0.05, 0.1) is 13.2 Å². The molecule has 0 fully saturated rings. The average Bonchev–Trinajstić information content (AvgIpc) is 2.79. The summed E-state index contributed by atoms with van der Waals surface area (Å²) in [6.07, 6.45) is 0.906. The summed E-state index contributed by atoms with van der Waals surface area (Å²) >= 11 is 0. The first-order valence-corrected chi connectivity index (χ1v) is 10.6. The van der Waals surface area contributed by atoms with Crippen molar-refractivity contribution in [3.05, 3.63) is 63.1 Å². The van der Waals surface area contributed by atoms with Crippen molar-refractivity contribution in [3.63, 3.8) is 0 Å². The third kappa shape index (κ3) is 4.36. The number of carbonyl (C=O) groups excluding carboxylic acids is 2. The van der Waals surface area contributed by atoms with Gasteiger partial charge < -0.3 is 19.9 Å². The van der Waals surface area contributed by atoms with E-state index in [-0.39, 0.29) is 30.4 Å². The van der Waals surface area contributed by atoms with Gasteiger partial charge >= 0.3 is 0 Å². The Kier molecular flexibility index (Phi) is 6.33. The van der Waals surface area contributed by atoms with Gasteiger partial charge in [0.15, 0.2) is 11.4 Å². The molecule has 0 aliphatic carbocycles. The van der Waals surface area contributed by atoms with Crippen molar-refractivity contribution in [1.29, 1.82) is 0 Å². The van der Waals surface area contributed by atoms with Crippen molar-refractivity contribution in [2.24, 2.45) is 4.99 Å². The molecule has 0 saturated heterocycles. The minimum Gasteiger partial charge on any atom is -0.503 e. The van der Waals surface area contributed by atoms with Crippen LogP contribution in [0.5, 0.6) is 5.75 Å². The van der Waals surface area contributed by atoms with Crippen LogP contribution < -0.4 is 16.2 Å². The van der Waals surface area contributed by atoms with E-state index in [9.17, 15) is 28.3 Å². The fourth-order valence-corrected chi connectivity index (χ4v) is 3.92. The molecule has 0 radical (unpaired) electrons. The lowest BCUT2D eigenvalue weighted by atomic mass is 10.1. The maximum absolute atomic E-state index is 13.9. The van der Waals surface area contributed by atoms with E-state index in [1.165, 1.54) is 15.5 Å². The number of nitrogens with zero attached hydrogens (tertiary/aromatic N) is 3. The Hall–Kier alpha value is -3.80. The third-order valence-electron chi connectivity index (χ3n) is 5.79. The van der Waals surface area contributed by atoms with E-state index in [0.29, 0.717) is 24.9 Å². The lowest BCUT2D eigenvalue weighted by molar-refractivity contribution is 0.0392. The van der Waals surface area contributed by atoms with Gasteiger partial charge in [-0.15, -0.1) is 0 Å². The van der Waals surface area contributed by atoms with Crippen LogP contribution in [0.3, 0.4) is 0 Å².